The first-order valence-electron chi connectivity index (χ1n) is 3.84. The van der Waals surface area contributed by atoms with Gasteiger partial charge in [0, 0.05) is 0 Å². The van der Waals surface area contributed by atoms with E-state index in [9.17, 15) is 4.79 Å². The summed E-state index contributed by atoms with van der Waals surface area (Å²) >= 11 is 0. The number of carbonyl (C=O) groups is 1. The molecule has 1 aromatic rings. The molecule has 1 amide bonds. The summed E-state index contributed by atoms with van der Waals surface area (Å²) in [6.07, 6.45) is 0. The van der Waals surface area contributed by atoms with Crippen LogP contribution >= 0.6 is 0 Å². The summed E-state index contributed by atoms with van der Waals surface area (Å²) in [4.78, 5) is 10.4. The highest BCUT2D eigenvalue weighted by atomic mass is 16.5. The lowest BCUT2D eigenvalue weighted by atomic mass is 10.2. The Morgan fingerprint density at radius 3 is 2.79 bits per heavy atom. The number of nitriles is 1. The van der Waals surface area contributed by atoms with E-state index in [4.69, 9.17) is 21.5 Å². The van der Waals surface area contributed by atoms with Gasteiger partial charge >= 0.3 is 0 Å². The molecular weight excluding hydrogens is 182 g/mol. The van der Waals surface area contributed by atoms with Crippen molar-refractivity contribution in [2.45, 2.75) is 0 Å². The maximum atomic E-state index is 10.4. The molecule has 72 valence electrons. The normalized spacial score (nSPS) is 9.07. The van der Waals surface area contributed by atoms with Gasteiger partial charge in [-0.2, -0.15) is 5.26 Å². The van der Waals surface area contributed by atoms with Gasteiger partial charge in [-0.3, -0.25) is 4.79 Å². The number of hydrogen-bond donors (Lipinski definition) is 2. The highest BCUT2D eigenvalue weighted by Gasteiger charge is 2.02. The fraction of sp³-hybridized carbons (Fsp3) is 0.111. The van der Waals surface area contributed by atoms with Crippen molar-refractivity contribution in [3.8, 4) is 11.8 Å². The molecule has 0 aromatic heterocycles. The molecule has 0 spiro atoms. The molecule has 4 N–H and O–H groups in total. The number of benzene rings is 1. The van der Waals surface area contributed by atoms with Crippen LogP contribution in [0.25, 0.3) is 0 Å². The lowest BCUT2D eigenvalue weighted by molar-refractivity contribution is -0.119. The van der Waals surface area contributed by atoms with Gasteiger partial charge in [0.2, 0.25) is 0 Å². The van der Waals surface area contributed by atoms with Gasteiger partial charge in [0.25, 0.3) is 5.91 Å². The van der Waals surface area contributed by atoms with E-state index in [-0.39, 0.29) is 6.61 Å². The molecule has 0 fully saturated rings. The molecule has 0 aliphatic heterocycles. The molecule has 1 rings (SSSR count). The highest BCUT2D eigenvalue weighted by molar-refractivity contribution is 5.75. The van der Waals surface area contributed by atoms with Crippen LogP contribution in [0, 0.1) is 11.3 Å². The summed E-state index contributed by atoms with van der Waals surface area (Å²) in [5.74, 6) is -0.225. The largest absolute Gasteiger partial charge is 0.482 e. The SMILES string of the molecule is N#Cc1ccc(OCC(N)=O)c(N)c1. The number of ether oxygens (including phenoxy) is 1. The van der Waals surface area contributed by atoms with Crippen molar-refractivity contribution >= 4 is 11.6 Å². The number of primary amides is 1. The number of rotatable bonds is 3. The van der Waals surface area contributed by atoms with Crippen LogP contribution in [0.15, 0.2) is 18.2 Å². The summed E-state index contributed by atoms with van der Waals surface area (Å²) in [6, 6.07) is 6.47. The third-order valence-electron chi connectivity index (χ3n) is 1.51. The lowest BCUT2D eigenvalue weighted by Crippen LogP contribution is -2.20. The zero-order valence-corrected chi connectivity index (χ0v) is 7.36. The van der Waals surface area contributed by atoms with Crippen LogP contribution in [-0.4, -0.2) is 12.5 Å². The van der Waals surface area contributed by atoms with Gasteiger partial charge in [-0.1, -0.05) is 0 Å². The second-order valence-electron chi connectivity index (χ2n) is 2.62. The minimum Gasteiger partial charge on any atom is -0.482 e. The van der Waals surface area contributed by atoms with Crippen LogP contribution in [0.5, 0.6) is 5.75 Å². The van der Waals surface area contributed by atoms with Crippen molar-refractivity contribution in [3.63, 3.8) is 0 Å². The summed E-state index contributed by atoms with van der Waals surface area (Å²) < 4.78 is 4.99. The van der Waals surface area contributed by atoms with E-state index in [0.29, 0.717) is 17.0 Å². The third kappa shape index (κ3) is 2.38. The van der Waals surface area contributed by atoms with Crippen molar-refractivity contribution in [3.05, 3.63) is 23.8 Å². The van der Waals surface area contributed by atoms with Crippen LogP contribution in [-0.2, 0) is 4.79 Å². The first kappa shape index (κ1) is 9.86. The van der Waals surface area contributed by atoms with Gasteiger partial charge in [-0.15, -0.1) is 0 Å². The van der Waals surface area contributed by atoms with Gasteiger partial charge < -0.3 is 16.2 Å². The van der Waals surface area contributed by atoms with E-state index in [2.05, 4.69) is 0 Å². The molecule has 1 aromatic carbocycles. The quantitative estimate of drug-likeness (QED) is 0.656. The predicted molar refractivity (Wildman–Crippen MR) is 50.3 cm³/mol. The van der Waals surface area contributed by atoms with Gasteiger partial charge in [0.05, 0.1) is 17.3 Å². The third-order valence-corrected chi connectivity index (χ3v) is 1.51. The maximum absolute atomic E-state index is 10.4. The molecule has 5 heteroatoms. The molecule has 0 aliphatic carbocycles. The van der Waals surface area contributed by atoms with E-state index in [0.717, 1.165) is 0 Å². The first-order valence-corrected chi connectivity index (χ1v) is 3.84. The van der Waals surface area contributed by atoms with Gasteiger partial charge in [-0.25, -0.2) is 0 Å². The standard InChI is InChI=1S/C9H9N3O2/c10-4-6-1-2-8(7(11)3-6)14-5-9(12)13/h1-3H,5,11H2,(H2,12,13). The zero-order valence-electron chi connectivity index (χ0n) is 7.36. The molecule has 0 aliphatic rings. The predicted octanol–water partition coefficient (Wildman–Crippen LogP) is 0.00458. The summed E-state index contributed by atoms with van der Waals surface area (Å²) in [6.45, 7) is -0.226. The van der Waals surface area contributed by atoms with Crippen LogP contribution in [0.1, 0.15) is 5.56 Å². The molecule has 0 unspecified atom stereocenters. The van der Waals surface area contributed by atoms with Crippen molar-refractivity contribution in [2.24, 2.45) is 5.73 Å². The van der Waals surface area contributed by atoms with E-state index < -0.39 is 5.91 Å². The Bertz CT molecular complexity index is 396. The highest BCUT2D eigenvalue weighted by Crippen LogP contribution is 2.21. The number of nitrogens with two attached hydrogens (primary N) is 2. The minimum absolute atomic E-state index is 0.226. The Kier molecular flexibility index (Phi) is 2.92. The smallest absolute Gasteiger partial charge is 0.255 e. The first-order chi connectivity index (χ1) is 6.63. The minimum atomic E-state index is -0.575. The fourth-order valence-corrected chi connectivity index (χ4v) is 0.898. The second-order valence-corrected chi connectivity index (χ2v) is 2.62. The van der Waals surface area contributed by atoms with Crippen LogP contribution < -0.4 is 16.2 Å². The van der Waals surface area contributed by atoms with Crippen LogP contribution in [0.2, 0.25) is 0 Å². The number of hydrogen-bond acceptors (Lipinski definition) is 4. The lowest BCUT2D eigenvalue weighted by Gasteiger charge is -2.06. The van der Waals surface area contributed by atoms with Crippen LogP contribution in [0.4, 0.5) is 5.69 Å². The molecular formula is C9H9N3O2. The Morgan fingerprint density at radius 1 is 1.57 bits per heavy atom. The van der Waals surface area contributed by atoms with E-state index >= 15 is 0 Å². The van der Waals surface area contributed by atoms with Gasteiger partial charge in [-0.05, 0) is 18.2 Å². The molecule has 0 radical (unpaired) electrons. The molecule has 0 saturated heterocycles. The van der Waals surface area contributed by atoms with Crippen LogP contribution in [0.3, 0.4) is 0 Å². The summed E-state index contributed by atoms with van der Waals surface area (Å²) in [7, 11) is 0. The summed E-state index contributed by atoms with van der Waals surface area (Å²) in [5, 5.41) is 8.55. The number of amides is 1. The second kappa shape index (κ2) is 4.14. The van der Waals surface area contributed by atoms with Gasteiger partial charge in [0.15, 0.2) is 6.61 Å². The van der Waals surface area contributed by atoms with Crippen molar-refractivity contribution in [1.29, 1.82) is 5.26 Å². The Hall–Kier alpha value is -2.22. The maximum Gasteiger partial charge on any atom is 0.255 e. The molecule has 14 heavy (non-hydrogen) atoms. The number of nitrogen functional groups attached to an aromatic ring is 1. The molecule has 5 nitrogen and oxygen atoms in total. The van der Waals surface area contributed by atoms with Crippen molar-refractivity contribution < 1.29 is 9.53 Å². The number of anilines is 1. The number of carbonyl (C=O) groups excluding carboxylic acids is 1. The van der Waals surface area contributed by atoms with Crippen molar-refractivity contribution in [2.75, 3.05) is 12.3 Å². The molecule has 0 saturated carbocycles. The van der Waals surface area contributed by atoms with E-state index in [1.165, 1.54) is 12.1 Å². The topological polar surface area (TPSA) is 102 Å². The fourth-order valence-electron chi connectivity index (χ4n) is 0.898. The average molecular weight is 191 g/mol. The molecule has 0 heterocycles. The Morgan fingerprint density at radius 2 is 2.29 bits per heavy atom. The van der Waals surface area contributed by atoms with Crippen molar-refractivity contribution in [1.82, 2.24) is 0 Å². The number of nitrogens with zero attached hydrogens (tertiary/aromatic N) is 1. The Balaban J connectivity index is 2.80. The monoisotopic (exact) mass is 191 g/mol. The molecule has 0 atom stereocenters. The molecule has 0 bridgehead atoms. The Labute approximate surface area is 80.9 Å². The van der Waals surface area contributed by atoms with E-state index in [1.807, 2.05) is 6.07 Å². The average Bonchev–Trinajstić information content (AvgIpc) is 2.15. The van der Waals surface area contributed by atoms with Gasteiger partial charge in [0.1, 0.15) is 5.75 Å². The zero-order chi connectivity index (χ0) is 10.6. The summed E-state index contributed by atoms with van der Waals surface area (Å²) in [5.41, 5.74) is 11.2. The van der Waals surface area contributed by atoms with E-state index in [1.54, 1.807) is 6.07 Å².